The molecule has 1 saturated heterocycles. The van der Waals surface area contributed by atoms with E-state index in [4.69, 9.17) is 4.98 Å². The lowest BCUT2D eigenvalue weighted by atomic mass is 9.91. The molecule has 134 valence electrons. The van der Waals surface area contributed by atoms with Crippen LogP contribution in [-0.2, 0) is 4.79 Å². The van der Waals surface area contributed by atoms with Gasteiger partial charge in [0.2, 0.25) is 5.91 Å². The highest BCUT2D eigenvalue weighted by Crippen LogP contribution is 2.34. The number of piperidine rings is 1. The van der Waals surface area contributed by atoms with Gasteiger partial charge >= 0.3 is 0 Å². The van der Waals surface area contributed by atoms with Gasteiger partial charge in [-0.05, 0) is 69.1 Å². The highest BCUT2D eigenvalue weighted by Gasteiger charge is 2.25. The van der Waals surface area contributed by atoms with E-state index in [0.29, 0.717) is 18.4 Å². The fourth-order valence-corrected chi connectivity index (χ4v) is 5.12. The lowest BCUT2D eigenvalue weighted by Crippen LogP contribution is -2.41. The van der Waals surface area contributed by atoms with Crippen molar-refractivity contribution in [3.05, 3.63) is 23.3 Å². The average Bonchev–Trinajstić information content (AvgIpc) is 2.96. The van der Waals surface area contributed by atoms with E-state index in [9.17, 15) is 4.79 Å². The van der Waals surface area contributed by atoms with Gasteiger partial charge in [0.1, 0.15) is 0 Å². The van der Waals surface area contributed by atoms with Crippen molar-refractivity contribution in [3.8, 4) is 0 Å². The Hall–Kier alpha value is -1.62. The number of carbonyl (C=O) groups excluding carboxylic acids is 1. The Balaban J connectivity index is 1.35. The molecule has 0 spiro atoms. The summed E-state index contributed by atoms with van der Waals surface area (Å²) in [5.41, 5.74) is 3.71. The van der Waals surface area contributed by atoms with Crippen LogP contribution in [0.25, 0.3) is 10.2 Å². The van der Waals surface area contributed by atoms with E-state index in [1.807, 2.05) is 0 Å². The molecule has 5 heteroatoms. The number of nitrogens with one attached hydrogen (secondary N) is 1. The molecule has 1 aliphatic heterocycles. The van der Waals surface area contributed by atoms with Gasteiger partial charge in [-0.2, -0.15) is 0 Å². The highest BCUT2D eigenvalue weighted by molar-refractivity contribution is 7.22. The van der Waals surface area contributed by atoms with Crippen LogP contribution in [0.4, 0.5) is 5.13 Å². The second-order valence-electron chi connectivity index (χ2n) is 7.75. The Bertz CT molecular complexity index is 773. The van der Waals surface area contributed by atoms with Crippen molar-refractivity contribution in [3.63, 3.8) is 0 Å². The molecule has 1 aromatic heterocycles. The van der Waals surface area contributed by atoms with E-state index < -0.39 is 0 Å². The molecule has 1 amide bonds. The third-order valence-electron chi connectivity index (χ3n) is 5.65. The van der Waals surface area contributed by atoms with E-state index in [0.717, 1.165) is 36.6 Å². The topological polar surface area (TPSA) is 45.2 Å². The van der Waals surface area contributed by atoms with Crippen LogP contribution in [0.15, 0.2) is 12.1 Å². The zero-order valence-electron chi connectivity index (χ0n) is 15.2. The number of carbonyl (C=O) groups is 1. The van der Waals surface area contributed by atoms with Gasteiger partial charge in [0.05, 0.1) is 10.2 Å². The smallest absolute Gasteiger partial charge is 0.220 e. The Morgan fingerprint density at radius 1 is 1.24 bits per heavy atom. The first-order chi connectivity index (χ1) is 12.1. The number of thiazole rings is 1. The molecule has 2 fully saturated rings. The number of benzene rings is 1. The van der Waals surface area contributed by atoms with Gasteiger partial charge in [-0.1, -0.05) is 17.4 Å². The monoisotopic (exact) mass is 357 g/mol. The first kappa shape index (κ1) is 16.8. The number of amides is 1. The predicted octanol–water partition coefficient (Wildman–Crippen LogP) is 4.19. The summed E-state index contributed by atoms with van der Waals surface area (Å²) in [5.74, 6) is 0.781. The molecule has 1 N–H and O–H groups in total. The van der Waals surface area contributed by atoms with Crippen molar-refractivity contribution in [2.24, 2.45) is 5.92 Å². The van der Waals surface area contributed by atoms with Crippen molar-refractivity contribution < 1.29 is 4.79 Å². The standard InChI is InChI=1S/C20H27N3OS/c1-13-10-14(2)19-17(11-13)25-20(22-19)23-8-6-15(7-9-23)12-18(24)21-16-4-3-5-16/h10-11,15-16H,3-9,12H2,1-2H3,(H,21,24). The number of hydrogen-bond donors (Lipinski definition) is 1. The summed E-state index contributed by atoms with van der Waals surface area (Å²) >= 11 is 1.80. The van der Waals surface area contributed by atoms with E-state index in [1.54, 1.807) is 11.3 Å². The minimum Gasteiger partial charge on any atom is -0.353 e. The molecule has 0 atom stereocenters. The van der Waals surface area contributed by atoms with Gasteiger partial charge in [0.25, 0.3) is 0 Å². The molecule has 0 unspecified atom stereocenters. The number of aromatic nitrogens is 1. The predicted molar refractivity (Wildman–Crippen MR) is 104 cm³/mol. The van der Waals surface area contributed by atoms with Crippen molar-refractivity contribution in [1.29, 1.82) is 0 Å². The lowest BCUT2D eigenvalue weighted by molar-refractivity contribution is -0.123. The minimum atomic E-state index is 0.259. The summed E-state index contributed by atoms with van der Waals surface area (Å²) in [6, 6.07) is 4.90. The van der Waals surface area contributed by atoms with Gasteiger partial charge < -0.3 is 10.2 Å². The van der Waals surface area contributed by atoms with E-state index in [1.165, 1.54) is 35.1 Å². The second kappa shape index (κ2) is 6.94. The third-order valence-corrected chi connectivity index (χ3v) is 6.71. The third kappa shape index (κ3) is 3.66. The first-order valence-corrected chi connectivity index (χ1v) is 10.3. The number of anilines is 1. The fourth-order valence-electron chi connectivity index (χ4n) is 3.92. The van der Waals surface area contributed by atoms with E-state index >= 15 is 0 Å². The number of fused-ring (bicyclic) bond motifs is 1. The molecular weight excluding hydrogens is 330 g/mol. The first-order valence-electron chi connectivity index (χ1n) is 9.50. The van der Waals surface area contributed by atoms with Gasteiger partial charge in [-0.3, -0.25) is 4.79 Å². The molecule has 1 aromatic carbocycles. The molecule has 1 aliphatic carbocycles. The molecule has 2 aliphatic rings. The summed E-state index contributed by atoms with van der Waals surface area (Å²) < 4.78 is 1.29. The van der Waals surface area contributed by atoms with Crippen LogP contribution in [0.3, 0.4) is 0 Å². The molecule has 25 heavy (non-hydrogen) atoms. The number of nitrogens with zero attached hydrogens (tertiary/aromatic N) is 2. The largest absolute Gasteiger partial charge is 0.353 e. The fraction of sp³-hybridized carbons (Fsp3) is 0.600. The van der Waals surface area contributed by atoms with E-state index in [2.05, 4.69) is 36.2 Å². The Morgan fingerprint density at radius 3 is 2.68 bits per heavy atom. The van der Waals surface area contributed by atoms with Crippen molar-refractivity contribution in [2.75, 3.05) is 18.0 Å². The van der Waals surface area contributed by atoms with Crippen LogP contribution >= 0.6 is 11.3 Å². The molecule has 0 bridgehead atoms. The average molecular weight is 358 g/mol. The van der Waals surface area contributed by atoms with Gasteiger partial charge in [0.15, 0.2) is 5.13 Å². The Kier molecular flexibility index (Phi) is 4.67. The highest BCUT2D eigenvalue weighted by atomic mass is 32.1. The van der Waals surface area contributed by atoms with Crippen LogP contribution in [0, 0.1) is 19.8 Å². The molecule has 0 radical (unpaired) electrons. The van der Waals surface area contributed by atoms with Crippen LogP contribution in [0.1, 0.15) is 49.7 Å². The molecule has 4 rings (SSSR count). The molecule has 1 saturated carbocycles. The van der Waals surface area contributed by atoms with Gasteiger partial charge in [-0.15, -0.1) is 0 Å². The van der Waals surface area contributed by atoms with Crippen molar-refractivity contribution in [1.82, 2.24) is 10.3 Å². The lowest BCUT2D eigenvalue weighted by Gasteiger charge is -2.32. The molecule has 2 aromatic rings. The summed E-state index contributed by atoms with van der Waals surface area (Å²) in [6.45, 7) is 6.32. The Labute approximate surface area is 153 Å². The van der Waals surface area contributed by atoms with Crippen molar-refractivity contribution >= 4 is 32.6 Å². The maximum absolute atomic E-state index is 12.1. The van der Waals surface area contributed by atoms with Crippen molar-refractivity contribution in [2.45, 2.75) is 58.4 Å². The maximum Gasteiger partial charge on any atom is 0.220 e. The SMILES string of the molecule is Cc1cc(C)c2nc(N3CCC(CC(=O)NC4CCC4)CC3)sc2c1. The van der Waals surface area contributed by atoms with Crippen LogP contribution in [0.2, 0.25) is 0 Å². The van der Waals surface area contributed by atoms with E-state index in [-0.39, 0.29) is 5.91 Å². The summed E-state index contributed by atoms with van der Waals surface area (Å²) in [4.78, 5) is 19.4. The Morgan fingerprint density at radius 2 is 2.00 bits per heavy atom. The molecular formula is C20H27N3OS. The van der Waals surface area contributed by atoms with Crippen LogP contribution < -0.4 is 10.2 Å². The molecule has 2 heterocycles. The zero-order chi connectivity index (χ0) is 17.4. The number of rotatable bonds is 4. The molecule has 4 nitrogen and oxygen atoms in total. The zero-order valence-corrected chi connectivity index (χ0v) is 16.0. The van der Waals surface area contributed by atoms with Gasteiger partial charge in [-0.25, -0.2) is 4.98 Å². The summed E-state index contributed by atoms with van der Waals surface area (Å²) in [7, 11) is 0. The summed E-state index contributed by atoms with van der Waals surface area (Å²) in [5, 5.41) is 4.31. The van der Waals surface area contributed by atoms with Gasteiger partial charge in [0, 0.05) is 25.6 Å². The summed E-state index contributed by atoms with van der Waals surface area (Å²) in [6.07, 6.45) is 6.48. The normalized spacial score (nSPS) is 19.2. The maximum atomic E-state index is 12.1. The second-order valence-corrected chi connectivity index (χ2v) is 8.76. The minimum absolute atomic E-state index is 0.259. The van der Waals surface area contributed by atoms with Crippen LogP contribution in [-0.4, -0.2) is 30.0 Å². The number of aryl methyl sites for hydroxylation is 2. The quantitative estimate of drug-likeness (QED) is 0.892. The number of hydrogen-bond acceptors (Lipinski definition) is 4. The van der Waals surface area contributed by atoms with Crippen LogP contribution in [0.5, 0.6) is 0 Å².